The molecule has 0 fully saturated rings. The van der Waals surface area contributed by atoms with Crippen LogP contribution in [0.15, 0.2) is 36.7 Å². The van der Waals surface area contributed by atoms with Crippen molar-refractivity contribution in [3.63, 3.8) is 0 Å². The van der Waals surface area contributed by atoms with Gasteiger partial charge in [-0.2, -0.15) is 0 Å². The fourth-order valence-electron chi connectivity index (χ4n) is 1.86. The summed E-state index contributed by atoms with van der Waals surface area (Å²) in [5.41, 5.74) is 2.12. The number of para-hydroxylation sites is 2. The van der Waals surface area contributed by atoms with Gasteiger partial charge in [-0.05, 0) is 12.1 Å². The van der Waals surface area contributed by atoms with Gasteiger partial charge in [-0.3, -0.25) is 0 Å². The van der Waals surface area contributed by atoms with E-state index in [1.54, 1.807) is 6.20 Å². The lowest BCUT2D eigenvalue weighted by atomic mass is 10.3. The molecule has 0 atom stereocenters. The van der Waals surface area contributed by atoms with Crippen LogP contribution in [0.25, 0.3) is 11.0 Å². The van der Waals surface area contributed by atoms with Crippen molar-refractivity contribution in [2.45, 2.75) is 6.54 Å². The zero-order valence-corrected chi connectivity index (χ0v) is 9.51. The number of anilines is 1. The summed E-state index contributed by atoms with van der Waals surface area (Å²) in [4.78, 5) is 11.7. The maximum absolute atomic E-state index is 4.52. The Morgan fingerprint density at radius 2 is 2.24 bits per heavy atom. The van der Waals surface area contributed by atoms with Gasteiger partial charge in [-0.25, -0.2) is 9.97 Å². The number of aromatic nitrogens is 4. The van der Waals surface area contributed by atoms with Crippen molar-refractivity contribution in [3.05, 3.63) is 42.5 Å². The first-order valence-electron chi connectivity index (χ1n) is 5.48. The number of aryl methyl sites for hydroxylation is 1. The summed E-state index contributed by atoms with van der Waals surface area (Å²) >= 11 is 0. The van der Waals surface area contributed by atoms with Crippen LogP contribution in [0, 0.1) is 0 Å². The Labute approximate surface area is 98.5 Å². The summed E-state index contributed by atoms with van der Waals surface area (Å²) in [5, 5.41) is 3.26. The minimum absolute atomic E-state index is 0.643. The van der Waals surface area contributed by atoms with Crippen molar-refractivity contribution in [1.29, 1.82) is 0 Å². The molecule has 0 aliphatic heterocycles. The van der Waals surface area contributed by atoms with E-state index in [1.165, 1.54) is 0 Å². The van der Waals surface area contributed by atoms with Gasteiger partial charge in [0.1, 0.15) is 5.82 Å². The Morgan fingerprint density at radius 1 is 1.35 bits per heavy atom. The maximum atomic E-state index is 4.52. The van der Waals surface area contributed by atoms with Crippen LogP contribution in [0.3, 0.4) is 0 Å². The highest BCUT2D eigenvalue weighted by atomic mass is 15.2. The number of aromatic amines is 1. The molecule has 5 nitrogen and oxygen atoms in total. The van der Waals surface area contributed by atoms with E-state index >= 15 is 0 Å². The Balaban J connectivity index is 1.88. The molecule has 0 saturated carbocycles. The van der Waals surface area contributed by atoms with Crippen molar-refractivity contribution in [2.75, 3.05) is 5.32 Å². The third kappa shape index (κ3) is 1.75. The fraction of sp³-hybridized carbons (Fsp3) is 0.167. The van der Waals surface area contributed by atoms with Gasteiger partial charge in [0.2, 0.25) is 5.95 Å². The van der Waals surface area contributed by atoms with Gasteiger partial charge in [-0.15, -0.1) is 0 Å². The minimum atomic E-state index is 0.643. The first-order valence-corrected chi connectivity index (χ1v) is 5.48. The average molecular weight is 227 g/mol. The molecule has 2 N–H and O–H groups in total. The molecule has 5 heteroatoms. The molecule has 2 aromatic heterocycles. The van der Waals surface area contributed by atoms with E-state index in [0.717, 1.165) is 22.8 Å². The second kappa shape index (κ2) is 3.93. The third-order valence-electron chi connectivity index (χ3n) is 2.76. The molecule has 0 aliphatic rings. The van der Waals surface area contributed by atoms with Crippen LogP contribution < -0.4 is 5.32 Å². The van der Waals surface area contributed by atoms with Crippen LogP contribution in [-0.2, 0) is 13.6 Å². The number of nitrogens with one attached hydrogen (secondary N) is 2. The molecule has 17 heavy (non-hydrogen) atoms. The van der Waals surface area contributed by atoms with Crippen molar-refractivity contribution in [1.82, 2.24) is 19.5 Å². The Bertz CT molecular complexity index is 623. The second-order valence-corrected chi connectivity index (χ2v) is 3.87. The minimum Gasteiger partial charge on any atom is -0.348 e. The normalized spacial score (nSPS) is 10.9. The Hall–Kier alpha value is -2.30. The quantitative estimate of drug-likeness (QED) is 0.718. The van der Waals surface area contributed by atoms with Crippen LogP contribution in [-0.4, -0.2) is 19.5 Å². The first-order chi connectivity index (χ1) is 8.34. The molecule has 86 valence electrons. The standard InChI is InChI=1S/C12H13N5/c1-17-10-5-3-2-4-9(10)16-12(17)15-8-11-13-6-7-14-11/h2-7H,8H2,1H3,(H,13,14)(H,15,16). The molecule has 2 heterocycles. The Kier molecular flexibility index (Phi) is 2.29. The molecular weight excluding hydrogens is 214 g/mol. The molecular formula is C12H13N5. The molecule has 0 bridgehead atoms. The zero-order chi connectivity index (χ0) is 11.7. The average Bonchev–Trinajstić information content (AvgIpc) is 2.96. The SMILES string of the molecule is Cn1c(NCc2ncc[nH]2)nc2ccccc21. The number of rotatable bonds is 3. The molecule has 0 unspecified atom stereocenters. The summed E-state index contributed by atoms with van der Waals surface area (Å²) in [6.07, 6.45) is 3.55. The highest BCUT2D eigenvalue weighted by Crippen LogP contribution is 2.17. The molecule has 3 rings (SSSR count). The van der Waals surface area contributed by atoms with Gasteiger partial charge in [-0.1, -0.05) is 12.1 Å². The van der Waals surface area contributed by atoms with Crippen molar-refractivity contribution < 1.29 is 0 Å². The van der Waals surface area contributed by atoms with Crippen LogP contribution in [0.2, 0.25) is 0 Å². The third-order valence-corrected chi connectivity index (χ3v) is 2.76. The molecule has 0 aliphatic carbocycles. The number of nitrogens with zero attached hydrogens (tertiary/aromatic N) is 3. The molecule has 3 aromatic rings. The lowest BCUT2D eigenvalue weighted by Crippen LogP contribution is -2.05. The predicted molar refractivity (Wildman–Crippen MR) is 66.6 cm³/mol. The predicted octanol–water partition coefficient (Wildman–Crippen LogP) is 1.91. The van der Waals surface area contributed by atoms with E-state index in [2.05, 4.69) is 26.3 Å². The molecule has 0 amide bonds. The fourth-order valence-corrected chi connectivity index (χ4v) is 1.86. The number of hydrogen-bond acceptors (Lipinski definition) is 3. The molecule has 0 spiro atoms. The lowest BCUT2D eigenvalue weighted by Gasteiger charge is -2.03. The van der Waals surface area contributed by atoms with Gasteiger partial charge in [0.05, 0.1) is 17.6 Å². The summed E-state index contributed by atoms with van der Waals surface area (Å²) in [5.74, 6) is 1.75. The first kappa shape index (κ1) is 9.89. The molecule has 0 saturated heterocycles. The van der Waals surface area contributed by atoms with Gasteiger partial charge < -0.3 is 14.9 Å². The highest BCUT2D eigenvalue weighted by molar-refractivity contribution is 5.78. The van der Waals surface area contributed by atoms with Crippen LogP contribution in [0.1, 0.15) is 5.82 Å². The summed E-state index contributed by atoms with van der Waals surface area (Å²) in [7, 11) is 2.00. The van der Waals surface area contributed by atoms with E-state index in [9.17, 15) is 0 Å². The maximum Gasteiger partial charge on any atom is 0.203 e. The monoisotopic (exact) mass is 227 g/mol. The lowest BCUT2D eigenvalue weighted by molar-refractivity contribution is 0.905. The van der Waals surface area contributed by atoms with E-state index < -0.39 is 0 Å². The zero-order valence-electron chi connectivity index (χ0n) is 9.51. The number of hydrogen-bond donors (Lipinski definition) is 2. The summed E-state index contributed by atoms with van der Waals surface area (Å²) < 4.78 is 2.04. The second-order valence-electron chi connectivity index (χ2n) is 3.87. The van der Waals surface area contributed by atoms with Crippen molar-refractivity contribution in [2.24, 2.45) is 7.05 Å². The number of benzene rings is 1. The van der Waals surface area contributed by atoms with Gasteiger partial charge in [0, 0.05) is 19.4 Å². The number of H-pyrrole nitrogens is 1. The molecule has 0 radical (unpaired) electrons. The number of imidazole rings is 2. The van der Waals surface area contributed by atoms with Crippen LogP contribution >= 0.6 is 0 Å². The smallest absolute Gasteiger partial charge is 0.203 e. The van der Waals surface area contributed by atoms with Gasteiger partial charge >= 0.3 is 0 Å². The number of fused-ring (bicyclic) bond motifs is 1. The van der Waals surface area contributed by atoms with Crippen molar-refractivity contribution in [3.8, 4) is 0 Å². The molecule has 1 aromatic carbocycles. The van der Waals surface area contributed by atoms with E-state index in [-0.39, 0.29) is 0 Å². The van der Waals surface area contributed by atoms with E-state index in [1.807, 2.05) is 36.0 Å². The van der Waals surface area contributed by atoms with Crippen LogP contribution in [0.4, 0.5) is 5.95 Å². The topological polar surface area (TPSA) is 58.5 Å². The Morgan fingerprint density at radius 3 is 3.00 bits per heavy atom. The largest absolute Gasteiger partial charge is 0.348 e. The van der Waals surface area contributed by atoms with E-state index in [4.69, 9.17) is 0 Å². The van der Waals surface area contributed by atoms with Crippen LogP contribution in [0.5, 0.6) is 0 Å². The van der Waals surface area contributed by atoms with Crippen molar-refractivity contribution >= 4 is 17.0 Å². The highest BCUT2D eigenvalue weighted by Gasteiger charge is 2.06. The summed E-state index contributed by atoms with van der Waals surface area (Å²) in [6, 6.07) is 8.07. The van der Waals surface area contributed by atoms with E-state index in [0.29, 0.717) is 6.54 Å². The van der Waals surface area contributed by atoms with Gasteiger partial charge in [0.25, 0.3) is 0 Å². The summed E-state index contributed by atoms with van der Waals surface area (Å²) in [6.45, 7) is 0.643. The van der Waals surface area contributed by atoms with Gasteiger partial charge in [0.15, 0.2) is 0 Å².